The molecule has 7 nitrogen and oxygen atoms in total. The highest BCUT2D eigenvalue weighted by Crippen LogP contribution is 2.26. The Morgan fingerprint density at radius 1 is 1.13 bits per heavy atom. The molecule has 1 atom stereocenters. The summed E-state index contributed by atoms with van der Waals surface area (Å²) in [5, 5.41) is 0. The van der Waals surface area contributed by atoms with E-state index in [1.807, 2.05) is 18.4 Å². The van der Waals surface area contributed by atoms with Crippen molar-refractivity contribution in [2.45, 2.75) is 65.5 Å². The van der Waals surface area contributed by atoms with Gasteiger partial charge in [-0.15, -0.1) is 0 Å². The highest BCUT2D eigenvalue weighted by atomic mass is 16.5. The lowest BCUT2D eigenvalue weighted by atomic mass is 10.2. The monoisotopic (exact) mass is 321 g/mol. The first kappa shape index (κ1) is 17.3. The second kappa shape index (κ2) is 7.99. The van der Waals surface area contributed by atoms with Gasteiger partial charge in [0.15, 0.2) is 17.0 Å². The van der Waals surface area contributed by atoms with Crippen LogP contribution >= 0.6 is 0 Å². The molecule has 2 N–H and O–H groups in total. The molecule has 0 aliphatic heterocycles. The molecule has 0 radical (unpaired) electrons. The summed E-state index contributed by atoms with van der Waals surface area (Å²) in [6.45, 7) is 7.01. The Morgan fingerprint density at radius 2 is 1.91 bits per heavy atom. The van der Waals surface area contributed by atoms with Gasteiger partial charge in [0, 0.05) is 6.54 Å². The number of aryl methyl sites for hydroxylation is 1. The summed E-state index contributed by atoms with van der Waals surface area (Å²) in [7, 11) is 1.60. The number of anilines is 1. The molecule has 0 saturated carbocycles. The topological polar surface area (TPSA) is 88.1 Å². The van der Waals surface area contributed by atoms with Gasteiger partial charge in [-0.1, -0.05) is 33.1 Å². The summed E-state index contributed by atoms with van der Waals surface area (Å²) in [5.74, 6) is 0.318. The Bertz CT molecular complexity index is 641. The number of nitrogen functional groups attached to an aromatic ring is 1. The minimum atomic E-state index is 0.0367. The number of ether oxygens (including phenoxy) is 2. The summed E-state index contributed by atoms with van der Waals surface area (Å²) in [4.78, 5) is 13.1. The summed E-state index contributed by atoms with van der Waals surface area (Å²) < 4.78 is 13.0. The van der Waals surface area contributed by atoms with Crippen LogP contribution in [0.2, 0.25) is 0 Å². The van der Waals surface area contributed by atoms with Crippen molar-refractivity contribution in [1.29, 1.82) is 0 Å². The summed E-state index contributed by atoms with van der Waals surface area (Å²) in [6, 6.07) is 0.805. The molecule has 7 heteroatoms. The number of aromatic nitrogens is 4. The van der Waals surface area contributed by atoms with Crippen molar-refractivity contribution in [3.05, 3.63) is 0 Å². The van der Waals surface area contributed by atoms with Crippen molar-refractivity contribution in [3.63, 3.8) is 0 Å². The second-order valence-electron chi connectivity index (χ2n) is 5.71. The maximum atomic E-state index is 6.02. The molecule has 23 heavy (non-hydrogen) atoms. The zero-order valence-corrected chi connectivity index (χ0v) is 14.5. The van der Waals surface area contributed by atoms with E-state index in [1.54, 1.807) is 7.11 Å². The van der Waals surface area contributed by atoms with E-state index in [1.165, 1.54) is 12.8 Å². The number of rotatable bonds is 9. The zero-order valence-electron chi connectivity index (χ0n) is 14.5. The SMILES string of the molecule is CCCCCCn1c(OC)nc2c(N)nc(O[C@@H](C)CC)nc21. The Balaban J connectivity index is 2.34. The number of nitrogens with two attached hydrogens (primary N) is 1. The summed E-state index contributed by atoms with van der Waals surface area (Å²) in [6.07, 6.45) is 5.53. The lowest BCUT2D eigenvalue weighted by molar-refractivity contribution is 0.200. The van der Waals surface area contributed by atoms with E-state index in [-0.39, 0.29) is 6.10 Å². The van der Waals surface area contributed by atoms with Crippen LogP contribution in [0.3, 0.4) is 0 Å². The molecular weight excluding hydrogens is 294 g/mol. The van der Waals surface area contributed by atoms with Crippen LogP contribution in [0.5, 0.6) is 12.0 Å². The molecule has 0 spiro atoms. The standard InChI is InChI=1S/C16H27N5O2/c1-5-7-8-9-10-21-14-12(18-16(21)22-4)13(17)19-15(20-14)23-11(3)6-2/h11H,5-10H2,1-4H3,(H2,17,19,20)/t11-/m0/s1. The molecule has 0 aliphatic carbocycles. The van der Waals surface area contributed by atoms with E-state index in [0.29, 0.717) is 29.0 Å². The lowest BCUT2D eigenvalue weighted by Gasteiger charge is -2.11. The third-order valence-electron chi connectivity index (χ3n) is 3.87. The Kier molecular flexibility index (Phi) is 6.01. The molecule has 0 bridgehead atoms. The first-order chi connectivity index (χ1) is 11.1. The fourth-order valence-corrected chi connectivity index (χ4v) is 2.35. The van der Waals surface area contributed by atoms with Gasteiger partial charge in [-0.25, -0.2) is 0 Å². The van der Waals surface area contributed by atoms with Crippen LogP contribution < -0.4 is 15.2 Å². The summed E-state index contributed by atoms with van der Waals surface area (Å²) in [5.41, 5.74) is 7.26. The largest absolute Gasteiger partial charge is 0.468 e. The molecule has 0 amide bonds. The van der Waals surface area contributed by atoms with Gasteiger partial charge in [0.2, 0.25) is 0 Å². The molecular formula is C16H27N5O2. The maximum absolute atomic E-state index is 6.02. The number of fused-ring (bicyclic) bond motifs is 1. The third kappa shape index (κ3) is 4.03. The van der Waals surface area contributed by atoms with Gasteiger partial charge < -0.3 is 15.2 Å². The van der Waals surface area contributed by atoms with Gasteiger partial charge in [-0.3, -0.25) is 4.57 Å². The quantitative estimate of drug-likeness (QED) is 0.714. The number of unbranched alkanes of at least 4 members (excludes halogenated alkanes) is 3. The minimum absolute atomic E-state index is 0.0367. The molecule has 2 rings (SSSR count). The molecule has 0 saturated heterocycles. The Hall–Kier alpha value is -2.05. The number of methoxy groups -OCH3 is 1. The molecule has 2 aromatic heterocycles. The van der Waals surface area contributed by atoms with Crippen molar-refractivity contribution < 1.29 is 9.47 Å². The molecule has 0 unspecified atom stereocenters. The van der Waals surface area contributed by atoms with Crippen LogP contribution in [-0.2, 0) is 6.54 Å². The van der Waals surface area contributed by atoms with E-state index in [9.17, 15) is 0 Å². The van der Waals surface area contributed by atoms with Crippen LogP contribution in [0.25, 0.3) is 11.2 Å². The molecule has 0 aliphatic rings. The number of hydrogen-bond donors (Lipinski definition) is 1. The van der Waals surface area contributed by atoms with Crippen LogP contribution in [-0.4, -0.2) is 32.7 Å². The smallest absolute Gasteiger partial charge is 0.320 e. The highest BCUT2D eigenvalue weighted by molar-refractivity contribution is 5.83. The number of imidazole rings is 1. The Morgan fingerprint density at radius 3 is 2.57 bits per heavy atom. The highest BCUT2D eigenvalue weighted by Gasteiger charge is 2.18. The van der Waals surface area contributed by atoms with E-state index in [0.717, 1.165) is 25.8 Å². The molecule has 128 valence electrons. The predicted molar refractivity (Wildman–Crippen MR) is 90.8 cm³/mol. The average molecular weight is 321 g/mol. The average Bonchev–Trinajstić information content (AvgIpc) is 2.90. The lowest BCUT2D eigenvalue weighted by Crippen LogP contribution is -2.13. The fraction of sp³-hybridized carbons (Fsp3) is 0.688. The van der Waals surface area contributed by atoms with Crippen LogP contribution in [0.4, 0.5) is 5.82 Å². The van der Waals surface area contributed by atoms with E-state index >= 15 is 0 Å². The minimum Gasteiger partial charge on any atom is -0.468 e. The van der Waals surface area contributed by atoms with Gasteiger partial charge >= 0.3 is 6.01 Å². The molecule has 0 fully saturated rings. The fourth-order valence-electron chi connectivity index (χ4n) is 2.35. The van der Waals surface area contributed by atoms with E-state index in [4.69, 9.17) is 15.2 Å². The van der Waals surface area contributed by atoms with E-state index in [2.05, 4.69) is 21.9 Å². The van der Waals surface area contributed by atoms with Gasteiger partial charge in [-0.2, -0.15) is 15.0 Å². The van der Waals surface area contributed by atoms with Gasteiger partial charge in [0.05, 0.1) is 13.2 Å². The van der Waals surface area contributed by atoms with Gasteiger partial charge in [-0.05, 0) is 19.8 Å². The van der Waals surface area contributed by atoms with Crippen molar-refractivity contribution in [2.75, 3.05) is 12.8 Å². The van der Waals surface area contributed by atoms with Crippen molar-refractivity contribution in [2.24, 2.45) is 0 Å². The maximum Gasteiger partial charge on any atom is 0.320 e. The molecule has 0 aromatic carbocycles. The zero-order chi connectivity index (χ0) is 16.8. The van der Waals surface area contributed by atoms with Crippen LogP contribution in [0.15, 0.2) is 0 Å². The normalized spacial score (nSPS) is 12.5. The third-order valence-corrected chi connectivity index (χ3v) is 3.87. The van der Waals surface area contributed by atoms with Gasteiger partial charge in [0.1, 0.15) is 0 Å². The summed E-state index contributed by atoms with van der Waals surface area (Å²) >= 11 is 0. The molecule has 2 heterocycles. The number of nitrogens with zero attached hydrogens (tertiary/aromatic N) is 4. The van der Waals surface area contributed by atoms with Crippen LogP contribution in [0.1, 0.15) is 52.9 Å². The van der Waals surface area contributed by atoms with Crippen LogP contribution in [0, 0.1) is 0 Å². The van der Waals surface area contributed by atoms with Crippen molar-refractivity contribution >= 4 is 17.0 Å². The Labute approximate surface area is 137 Å². The van der Waals surface area contributed by atoms with E-state index < -0.39 is 0 Å². The first-order valence-electron chi connectivity index (χ1n) is 8.35. The van der Waals surface area contributed by atoms with Gasteiger partial charge in [0.25, 0.3) is 6.01 Å². The predicted octanol–water partition coefficient (Wildman–Crippen LogP) is 3.17. The first-order valence-corrected chi connectivity index (χ1v) is 8.35. The van der Waals surface area contributed by atoms with Crippen molar-refractivity contribution in [1.82, 2.24) is 19.5 Å². The molecule has 2 aromatic rings. The van der Waals surface area contributed by atoms with Crippen molar-refractivity contribution in [3.8, 4) is 12.0 Å². The number of hydrogen-bond acceptors (Lipinski definition) is 6. The second-order valence-corrected chi connectivity index (χ2v) is 5.71.